The molecule has 0 bridgehead atoms. The molecule has 0 aromatic heterocycles. The Hall–Kier alpha value is -2.86. The minimum atomic E-state index is -4.37. The van der Waals surface area contributed by atoms with E-state index in [4.69, 9.17) is 16.7 Å². The van der Waals surface area contributed by atoms with Crippen LogP contribution in [0.2, 0.25) is 5.02 Å². The summed E-state index contributed by atoms with van der Waals surface area (Å²) in [6, 6.07) is 21.3. The number of hydrogen-bond acceptors (Lipinski definition) is 6. The van der Waals surface area contributed by atoms with Gasteiger partial charge in [-0.1, -0.05) is 36.7 Å². The van der Waals surface area contributed by atoms with Crippen molar-refractivity contribution >= 4 is 46.9 Å². The molecule has 0 atom stereocenters. The van der Waals surface area contributed by atoms with E-state index in [1.54, 1.807) is 46.4 Å². The Kier molecular flexibility index (Phi) is 8.55. The first-order chi connectivity index (χ1) is 19.1. The van der Waals surface area contributed by atoms with Crippen LogP contribution in [0.1, 0.15) is 12.5 Å². The van der Waals surface area contributed by atoms with E-state index in [0.717, 1.165) is 26.8 Å². The van der Waals surface area contributed by atoms with E-state index in [2.05, 4.69) is 12.0 Å². The van der Waals surface area contributed by atoms with E-state index in [1.807, 2.05) is 48.7 Å². The molecule has 12 heteroatoms. The SMILES string of the molecule is CCSc1ccc(-c2cc3nn(Cc4ccc(SC(F)(F)F)cc4)c(=O)c-3nn2-c2ccc(SC)cc2)c(Cl)c1. The molecule has 5 rings (SSSR count). The molecule has 3 aromatic rings. The Morgan fingerprint density at radius 2 is 1.57 bits per heavy atom. The molecule has 0 amide bonds. The van der Waals surface area contributed by atoms with Gasteiger partial charge in [-0.15, -0.1) is 23.5 Å². The van der Waals surface area contributed by atoms with E-state index < -0.39 is 11.1 Å². The quantitative estimate of drug-likeness (QED) is 0.163. The molecule has 0 fully saturated rings. The number of alkyl halides is 3. The van der Waals surface area contributed by atoms with E-state index in [0.29, 0.717) is 22.0 Å². The maximum Gasteiger partial charge on any atom is 0.446 e. The van der Waals surface area contributed by atoms with Crippen molar-refractivity contribution in [3.63, 3.8) is 0 Å². The number of halogens is 4. The minimum absolute atomic E-state index is 0.0734. The fourth-order valence-corrected chi connectivity index (χ4v) is 6.13. The Morgan fingerprint density at radius 1 is 0.900 bits per heavy atom. The van der Waals surface area contributed by atoms with Gasteiger partial charge >= 0.3 is 5.51 Å². The number of fused-ring (bicyclic) bond motifs is 1. The van der Waals surface area contributed by atoms with E-state index >= 15 is 0 Å². The van der Waals surface area contributed by atoms with Gasteiger partial charge in [-0.25, -0.2) is 9.36 Å². The predicted octanol–water partition coefficient (Wildman–Crippen LogP) is 8.35. The molecule has 0 unspecified atom stereocenters. The highest BCUT2D eigenvalue weighted by molar-refractivity contribution is 8.00. The summed E-state index contributed by atoms with van der Waals surface area (Å²) in [5.41, 5.74) is -1.39. The van der Waals surface area contributed by atoms with Gasteiger partial charge in [0.2, 0.25) is 0 Å². The van der Waals surface area contributed by atoms with Crippen LogP contribution < -0.4 is 5.56 Å². The highest BCUT2D eigenvalue weighted by atomic mass is 35.5. The van der Waals surface area contributed by atoms with Crippen LogP contribution in [0, 0.1) is 0 Å². The van der Waals surface area contributed by atoms with Crippen LogP contribution in [0.25, 0.3) is 28.3 Å². The highest BCUT2D eigenvalue weighted by Crippen LogP contribution is 2.37. The van der Waals surface area contributed by atoms with Crippen molar-refractivity contribution in [1.29, 1.82) is 0 Å². The maximum absolute atomic E-state index is 13.3. The second kappa shape index (κ2) is 11.9. The first-order valence-electron chi connectivity index (χ1n) is 12.1. The molecule has 0 saturated carbocycles. The smallest absolute Gasteiger partial charge is 0.265 e. The third-order valence-electron chi connectivity index (χ3n) is 5.94. The summed E-state index contributed by atoms with van der Waals surface area (Å²) in [6.07, 6.45) is 1.99. The normalized spacial score (nSPS) is 11.8. The molecule has 2 heterocycles. The summed E-state index contributed by atoms with van der Waals surface area (Å²) in [4.78, 5) is 15.5. The van der Waals surface area contributed by atoms with Crippen molar-refractivity contribution in [3.05, 3.63) is 93.7 Å². The average Bonchev–Trinajstić information content (AvgIpc) is 3.22. The molecule has 2 aliphatic heterocycles. The van der Waals surface area contributed by atoms with Crippen LogP contribution >= 0.6 is 46.9 Å². The van der Waals surface area contributed by atoms with Gasteiger partial charge < -0.3 is 0 Å². The lowest BCUT2D eigenvalue weighted by molar-refractivity contribution is -0.0328. The van der Waals surface area contributed by atoms with Gasteiger partial charge in [0.25, 0.3) is 5.56 Å². The van der Waals surface area contributed by atoms with Gasteiger partial charge in [-0.2, -0.15) is 23.4 Å². The second-order valence-electron chi connectivity index (χ2n) is 8.60. The first-order valence-corrected chi connectivity index (χ1v) is 15.5. The van der Waals surface area contributed by atoms with Gasteiger partial charge in [-0.05, 0) is 83.9 Å². The number of aromatic nitrogens is 4. The molecule has 40 heavy (non-hydrogen) atoms. The van der Waals surface area contributed by atoms with Crippen LogP contribution in [0.4, 0.5) is 13.2 Å². The molecule has 206 valence electrons. The van der Waals surface area contributed by atoms with Crippen LogP contribution in [0.5, 0.6) is 0 Å². The van der Waals surface area contributed by atoms with Gasteiger partial charge in [0.1, 0.15) is 5.69 Å². The molecular weight excluding hydrogens is 597 g/mol. The summed E-state index contributed by atoms with van der Waals surface area (Å²) in [6.45, 7) is 2.16. The number of nitrogens with zero attached hydrogens (tertiary/aromatic N) is 4. The minimum Gasteiger partial charge on any atom is -0.265 e. The third-order valence-corrected chi connectivity index (χ3v) is 8.62. The van der Waals surface area contributed by atoms with Crippen molar-refractivity contribution in [3.8, 4) is 28.3 Å². The molecule has 2 aliphatic rings. The Labute approximate surface area is 246 Å². The molecular formula is C28H22ClF3N4OS3. The molecule has 0 N–H and O–H groups in total. The summed E-state index contributed by atoms with van der Waals surface area (Å²) in [7, 11) is 0. The van der Waals surface area contributed by atoms with Crippen molar-refractivity contribution in [2.24, 2.45) is 0 Å². The van der Waals surface area contributed by atoms with E-state index in [9.17, 15) is 18.0 Å². The van der Waals surface area contributed by atoms with Crippen LogP contribution in [-0.4, -0.2) is 37.1 Å². The van der Waals surface area contributed by atoms with Crippen LogP contribution in [0.3, 0.4) is 0 Å². The number of thioether (sulfide) groups is 3. The monoisotopic (exact) mass is 618 g/mol. The standard InChI is InChI=1S/C28H22ClF3N4OS3/c1-3-39-21-12-13-22(23(29)14-21)25-15-24-26(34-36(25)18-6-10-19(38-2)11-7-18)27(37)35(33-24)16-17-4-8-20(9-5-17)40-28(30,31)32/h4-15H,3,16H2,1-2H3. The maximum atomic E-state index is 13.3. The molecule has 0 spiro atoms. The zero-order chi connectivity index (χ0) is 28.4. The summed E-state index contributed by atoms with van der Waals surface area (Å²) < 4.78 is 41.0. The number of hydrogen-bond donors (Lipinski definition) is 0. The van der Waals surface area contributed by atoms with E-state index in [-0.39, 0.29) is 28.9 Å². The highest BCUT2D eigenvalue weighted by Gasteiger charge is 2.29. The summed E-state index contributed by atoms with van der Waals surface area (Å²) in [5.74, 6) is 0.915. The van der Waals surface area contributed by atoms with Crippen molar-refractivity contribution < 1.29 is 13.2 Å². The molecule has 0 radical (unpaired) electrons. The van der Waals surface area contributed by atoms with Gasteiger partial charge in [0, 0.05) is 20.2 Å². The lowest BCUT2D eigenvalue weighted by atomic mass is 10.1. The number of benzene rings is 3. The van der Waals surface area contributed by atoms with Gasteiger partial charge in [-0.3, -0.25) is 4.79 Å². The lowest BCUT2D eigenvalue weighted by Gasteiger charge is -2.16. The van der Waals surface area contributed by atoms with E-state index in [1.165, 1.54) is 16.8 Å². The summed E-state index contributed by atoms with van der Waals surface area (Å²) in [5, 5.41) is 9.77. The summed E-state index contributed by atoms with van der Waals surface area (Å²) >= 11 is 9.86. The molecule has 5 nitrogen and oxygen atoms in total. The molecule has 0 aliphatic carbocycles. The molecule has 3 aromatic carbocycles. The first kappa shape index (κ1) is 28.7. The zero-order valence-electron chi connectivity index (χ0n) is 21.3. The number of rotatable bonds is 8. The second-order valence-corrected chi connectivity index (χ2v) is 12.4. The Morgan fingerprint density at radius 3 is 2.20 bits per heavy atom. The van der Waals surface area contributed by atoms with Crippen LogP contribution in [0.15, 0.2) is 92.3 Å². The van der Waals surface area contributed by atoms with Crippen molar-refractivity contribution in [1.82, 2.24) is 19.6 Å². The van der Waals surface area contributed by atoms with Crippen molar-refractivity contribution in [2.75, 3.05) is 12.0 Å². The average molecular weight is 619 g/mol. The largest absolute Gasteiger partial charge is 0.446 e. The van der Waals surface area contributed by atoms with Crippen molar-refractivity contribution in [2.45, 2.75) is 33.7 Å². The molecule has 0 saturated heterocycles. The topological polar surface area (TPSA) is 52.7 Å². The third kappa shape index (κ3) is 6.38. The van der Waals surface area contributed by atoms with Gasteiger partial charge in [0.15, 0.2) is 5.69 Å². The van der Waals surface area contributed by atoms with Gasteiger partial charge in [0.05, 0.1) is 22.9 Å². The lowest BCUT2D eigenvalue weighted by Crippen LogP contribution is -2.19. The fourth-order valence-electron chi connectivity index (χ4n) is 4.14. The van der Waals surface area contributed by atoms with Crippen LogP contribution in [-0.2, 0) is 6.54 Å². The fraction of sp³-hybridized carbons (Fsp3) is 0.179. The zero-order valence-corrected chi connectivity index (χ0v) is 24.5. The Balaban J connectivity index is 1.59. The Bertz CT molecular complexity index is 1670. The predicted molar refractivity (Wildman–Crippen MR) is 158 cm³/mol.